The molecule has 0 amide bonds. The van der Waals surface area contributed by atoms with Gasteiger partial charge < -0.3 is 5.84 Å². The molecular formula is C10H9N3. The molecule has 0 bridgehead atoms. The second-order valence-electron chi connectivity index (χ2n) is 2.74. The van der Waals surface area contributed by atoms with E-state index in [1.54, 1.807) is 12.4 Å². The van der Waals surface area contributed by atoms with Gasteiger partial charge in [-0.25, -0.2) is 0 Å². The van der Waals surface area contributed by atoms with Crippen molar-refractivity contribution in [1.82, 2.24) is 4.98 Å². The van der Waals surface area contributed by atoms with Gasteiger partial charge >= 0.3 is 0 Å². The number of hydrogen-bond acceptors (Lipinski definition) is 3. The molecule has 1 heterocycles. The average molecular weight is 171 g/mol. The lowest BCUT2D eigenvalue weighted by molar-refractivity contribution is 1.26. The van der Waals surface area contributed by atoms with Crippen LogP contribution < -0.4 is 5.84 Å². The SMILES string of the molecule is N/N=C/c1cnc2ccccc2c1. The first-order valence-electron chi connectivity index (χ1n) is 3.98. The first-order valence-corrected chi connectivity index (χ1v) is 3.98. The van der Waals surface area contributed by atoms with Crippen LogP contribution in [0.3, 0.4) is 0 Å². The molecule has 0 aliphatic carbocycles. The Hall–Kier alpha value is -1.90. The van der Waals surface area contributed by atoms with Gasteiger partial charge in [0.25, 0.3) is 0 Å². The largest absolute Gasteiger partial charge is 0.323 e. The first kappa shape index (κ1) is 7.73. The highest BCUT2D eigenvalue weighted by Gasteiger charge is 1.93. The summed E-state index contributed by atoms with van der Waals surface area (Å²) in [6, 6.07) is 9.92. The maximum atomic E-state index is 5.05. The lowest BCUT2D eigenvalue weighted by Gasteiger charge is -1.96. The van der Waals surface area contributed by atoms with Gasteiger partial charge in [-0.3, -0.25) is 4.98 Å². The third-order valence-electron chi connectivity index (χ3n) is 1.84. The fourth-order valence-electron chi connectivity index (χ4n) is 1.24. The summed E-state index contributed by atoms with van der Waals surface area (Å²) in [4.78, 5) is 4.25. The summed E-state index contributed by atoms with van der Waals surface area (Å²) in [5.74, 6) is 5.05. The Morgan fingerprint density at radius 3 is 3.00 bits per heavy atom. The highest BCUT2D eigenvalue weighted by atomic mass is 15.1. The Kier molecular flexibility index (Phi) is 1.92. The lowest BCUT2D eigenvalue weighted by Crippen LogP contribution is -1.88. The molecule has 0 spiro atoms. The van der Waals surface area contributed by atoms with Crippen LogP contribution >= 0.6 is 0 Å². The molecule has 0 atom stereocenters. The first-order chi connectivity index (χ1) is 6.40. The topological polar surface area (TPSA) is 51.3 Å². The van der Waals surface area contributed by atoms with Crippen LogP contribution in [0.1, 0.15) is 5.56 Å². The van der Waals surface area contributed by atoms with E-state index in [9.17, 15) is 0 Å². The summed E-state index contributed by atoms with van der Waals surface area (Å²) in [6.45, 7) is 0. The summed E-state index contributed by atoms with van der Waals surface area (Å²) in [5, 5.41) is 4.54. The third-order valence-corrected chi connectivity index (χ3v) is 1.84. The number of hydrazone groups is 1. The van der Waals surface area contributed by atoms with Crippen molar-refractivity contribution in [2.24, 2.45) is 10.9 Å². The lowest BCUT2D eigenvalue weighted by atomic mass is 10.2. The molecule has 3 heteroatoms. The molecule has 2 aromatic rings. The number of fused-ring (bicyclic) bond motifs is 1. The quantitative estimate of drug-likeness (QED) is 0.402. The van der Waals surface area contributed by atoms with Gasteiger partial charge in [0.2, 0.25) is 0 Å². The van der Waals surface area contributed by atoms with Crippen LogP contribution in [0.15, 0.2) is 41.6 Å². The molecule has 1 aromatic heterocycles. The van der Waals surface area contributed by atoms with Gasteiger partial charge in [-0.15, -0.1) is 0 Å². The zero-order valence-electron chi connectivity index (χ0n) is 7.01. The second kappa shape index (κ2) is 3.23. The zero-order chi connectivity index (χ0) is 9.10. The van der Waals surface area contributed by atoms with Crippen LogP contribution in [0.2, 0.25) is 0 Å². The smallest absolute Gasteiger partial charge is 0.0702 e. The molecule has 0 saturated heterocycles. The maximum absolute atomic E-state index is 5.05. The monoisotopic (exact) mass is 171 g/mol. The molecule has 64 valence electrons. The van der Waals surface area contributed by atoms with Gasteiger partial charge in [-0.1, -0.05) is 18.2 Å². The molecule has 2 rings (SSSR count). The van der Waals surface area contributed by atoms with Crippen molar-refractivity contribution in [2.75, 3.05) is 0 Å². The van der Waals surface area contributed by atoms with Crippen molar-refractivity contribution >= 4 is 17.1 Å². The van der Waals surface area contributed by atoms with Crippen molar-refractivity contribution in [1.29, 1.82) is 0 Å². The van der Waals surface area contributed by atoms with Crippen molar-refractivity contribution in [3.05, 3.63) is 42.1 Å². The van der Waals surface area contributed by atoms with Gasteiger partial charge in [0.05, 0.1) is 11.7 Å². The number of pyridine rings is 1. The Morgan fingerprint density at radius 1 is 1.31 bits per heavy atom. The van der Waals surface area contributed by atoms with E-state index in [2.05, 4.69) is 10.1 Å². The van der Waals surface area contributed by atoms with E-state index in [1.807, 2.05) is 30.3 Å². The minimum absolute atomic E-state index is 0.918. The Morgan fingerprint density at radius 2 is 2.15 bits per heavy atom. The fraction of sp³-hybridized carbons (Fsp3) is 0. The Labute approximate surface area is 75.9 Å². The molecule has 0 unspecified atom stereocenters. The van der Waals surface area contributed by atoms with Gasteiger partial charge in [-0.05, 0) is 12.1 Å². The molecule has 3 nitrogen and oxygen atoms in total. The Balaban J connectivity index is 2.62. The average Bonchev–Trinajstić information content (AvgIpc) is 2.18. The van der Waals surface area contributed by atoms with E-state index in [-0.39, 0.29) is 0 Å². The van der Waals surface area contributed by atoms with E-state index in [4.69, 9.17) is 5.84 Å². The molecule has 0 saturated carbocycles. The highest BCUT2D eigenvalue weighted by Crippen LogP contribution is 2.11. The number of benzene rings is 1. The second-order valence-corrected chi connectivity index (χ2v) is 2.74. The van der Waals surface area contributed by atoms with Crippen molar-refractivity contribution in [3.8, 4) is 0 Å². The predicted octanol–water partition coefficient (Wildman–Crippen LogP) is 1.53. The number of aromatic nitrogens is 1. The van der Waals surface area contributed by atoms with Crippen LogP contribution in [-0.2, 0) is 0 Å². The molecule has 1 aromatic carbocycles. The fourth-order valence-corrected chi connectivity index (χ4v) is 1.24. The number of para-hydroxylation sites is 1. The van der Waals surface area contributed by atoms with Gasteiger partial charge in [-0.2, -0.15) is 5.10 Å². The number of nitrogens with two attached hydrogens (primary N) is 1. The number of rotatable bonds is 1. The highest BCUT2D eigenvalue weighted by molar-refractivity contribution is 5.87. The summed E-state index contributed by atoms with van der Waals surface area (Å²) >= 11 is 0. The maximum Gasteiger partial charge on any atom is 0.0702 e. The third kappa shape index (κ3) is 1.49. The van der Waals surface area contributed by atoms with E-state index in [1.165, 1.54) is 0 Å². The molecule has 0 radical (unpaired) electrons. The van der Waals surface area contributed by atoms with Crippen LogP contribution in [0.4, 0.5) is 0 Å². The summed E-state index contributed by atoms with van der Waals surface area (Å²) < 4.78 is 0. The standard InChI is InChI=1S/C10H9N3/c11-13-7-8-5-9-3-1-2-4-10(9)12-6-8/h1-7H,11H2/b13-7+. The van der Waals surface area contributed by atoms with E-state index < -0.39 is 0 Å². The van der Waals surface area contributed by atoms with Crippen LogP contribution in [0.25, 0.3) is 10.9 Å². The van der Waals surface area contributed by atoms with Crippen molar-refractivity contribution in [3.63, 3.8) is 0 Å². The van der Waals surface area contributed by atoms with Crippen LogP contribution in [0, 0.1) is 0 Å². The van der Waals surface area contributed by atoms with Gasteiger partial charge in [0, 0.05) is 17.1 Å². The van der Waals surface area contributed by atoms with Crippen molar-refractivity contribution in [2.45, 2.75) is 0 Å². The summed E-state index contributed by atoms with van der Waals surface area (Å²) in [7, 11) is 0. The number of hydrogen-bond donors (Lipinski definition) is 1. The molecule has 13 heavy (non-hydrogen) atoms. The van der Waals surface area contributed by atoms with Gasteiger partial charge in [0.1, 0.15) is 0 Å². The van der Waals surface area contributed by atoms with Crippen LogP contribution in [-0.4, -0.2) is 11.2 Å². The zero-order valence-corrected chi connectivity index (χ0v) is 7.01. The molecule has 0 aliphatic rings. The van der Waals surface area contributed by atoms with Crippen molar-refractivity contribution < 1.29 is 0 Å². The van der Waals surface area contributed by atoms with Gasteiger partial charge in [0.15, 0.2) is 0 Å². The van der Waals surface area contributed by atoms with E-state index in [0.717, 1.165) is 16.5 Å². The van der Waals surface area contributed by atoms with E-state index >= 15 is 0 Å². The molecule has 0 fully saturated rings. The Bertz CT molecular complexity index is 449. The minimum Gasteiger partial charge on any atom is -0.323 e. The molecule has 0 aliphatic heterocycles. The number of nitrogens with zero attached hydrogens (tertiary/aromatic N) is 2. The van der Waals surface area contributed by atoms with Crippen LogP contribution in [0.5, 0.6) is 0 Å². The predicted molar refractivity (Wildman–Crippen MR) is 53.5 cm³/mol. The summed E-state index contributed by atoms with van der Waals surface area (Å²) in [6.07, 6.45) is 3.33. The normalized spacial score (nSPS) is 11.1. The molecular weight excluding hydrogens is 162 g/mol. The van der Waals surface area contributed by atoms with E-state index in [0.29, 0.717) is 0 Å². The summed E-state index contributed by atoms with van der Waals surface area (Å²) in [5.41, 5.74) is 1.90. The molecule has 2 N–H and O–H groups in total. The minimum atomic E-state index is 0.918.